The molecule has 27 heavy (non-hydrogen) atoms. The summed E-state index contributed by atoms with van der Waals surface area (Å²) in [4.78, 5) is 20.6. The van der Waals surface area contributed by atoms with Crippen LogP contribution >= 0.6 is 0 Å². The fourth-order valence-corrected chi connectivity index (χ4v) is 2.80. The predicted octanol–water partition coefficient (Wildman–Crippen LogP) is 4.61. The Morgan fingerprint density at radius 3 is 2.33 bits per heavy atom. The normalized spacial score (nSPS) is 10.7. The van der Waals surface area contributed by atoms with Crippen LogP contribution in [0.1, 0.15) is 22.7 Å². The lowest BCUT2D eigenvalue weighted by Gasteiger charge is -2.04. The molecular formula is C22H17N3O2. The largest absolute Gasteiger partial charge is 0.330 e. The quantitative estimate of drug-likeness (QED) is 0.472. The van der Waals surface area contributed by atoms with Gasteiger partial charge in [0.2, 0.25) is 11.6 Å². The minimum Gasteiger partial charge on any atom is -0.330 e. The summed E-state index contributed by atoms with van der Waals surface area (Å²) in [6.07, 6.45) is 2.58. The zero-order chi connectivity index (χ0) is 18.5. The molecule has 2 aromatic heterocycles. The molecule has 0 aliphatic heterocycles. The van der Waals surface area contributed by atoms with Gasteiger partial charge in [-0.15, -0.1) is 0 Å². The summed E-state index contributed by atoms with van der Waals surface area (Å²) in [7, 11) is 0. The summed E-state index contributed by atoms with van der Waals surface area (Å²) < 4.78 is 5.10. The molecule has 0 radical (unpaired) electrons. The Kier molecular flexibility index (Phi) is 4.83. The van der Waals surface area contributed by atoms with Gasteiger partial charge in [0.15, 0.2) is 0 Å². The number of ketones is 1. The van der Waals surface area contributed by atoms with Gasteiger partial charge in [0.25, 0.3) is 5.89 Å². The maximum absolute atomic E-state index is 12.3. The van der Waals surface area contributed by atoms with Gasteiger partial charge in [0.05, 0.1) is 0 Å². The number of benzene rings is 2. The van der Waals surface area contributed by atoms with Crippen LogP contribution in [0, 0.1) is 0 Å². The van der Waals surface area contributed by atoms with Gasteiger partial charge in [0, 0.05) is 12.6 Å². The molecule has 0 atom stereocenters. The number of pyridine rings is 1. The van der Waals surface area contributed by atoms with E-state index in [9.17, 15) is 4.79 Å². The molecule has 4 rings (SSSR count). The number of carbonyl (C=O) groups is 1. The van der Waals surface area contributed by atoms with E-state index in [1.54, 1.807) is 18.3 Å². The average molecular weight is 355 g/mol. The van der Waals surface area contributed by atoms with Crippen molar-refractivity contribution in [1.82, 2.24) is 15.1 Å². The number of hydrogen-bond acceptors (Lipinski definition) is 5. The molecule has 0 unspecified atom stereocenters. The minimum atomic E-state index is -0.170. The molecule has 4 aromatic rings. The highest BCUT2D eigenvalue weighted by atomic mass is 16.5. The summed E-state index contributed by atoms with van der Waals surface area (Å²) in [5, 5.41) is 3.84. The molecule has 5 heteroatoms. The van der Waals surface area contributed by atoms with Gasteiger partial charge in [-0.3, -0.25) is 9.78 Å². The van der Waals surface area contributed by atoms with Crippen LogP contribution in [-0.2, 0) is 6.42 Å². The van der Waals surface area contributed by atoms with E-state index in [0.717, 1.165) is 11.1 Å². The zero-order valence-electron chi connectivity index (χ0n) is 14.6. The Labute approximate surface area is 156 Å². The van der Waals surface area contributed by atoms with Crippen LogP contribution in [-0.4, -0.2) is 20.9 Å². The smallest absolute Gasteiger partial charge is 0.294 e. The highest BCUT2D eigenvalue weighted by Crippen LogP contribution is 2.20. The first-order valence-electron chi connectivity index (χ1n) is 8.72. The van der Waals surface area contributed by atoms with E-state index in [1.807, 2.05) is 36.4 Å². The summed E-state index contributed by atoms with van der Waals surface area (Å²) in [5.41, 5.74) is 4.00. The summed E-state index contributed by atoms with van der Waals surface area (Å²) >= 11 is 0. The van der Waals surface area contributed by atoms with Gasteiger partial charge in [-0.25, -0.2) is 0 Å². The monoisotopic (exact) mass is 355 g/mol. The molecule has 0 aliphatic rings. The van der Waals surface area contributed by atoms with Gasteiger partial charge in [-0.2, -0.15) is 4.98 Å². The number of nitrogens with zero attached hydrogens (tertiary/aromatic N) is 3. The van der Waals surface area contributed by atoms with Gasteiger partial charge >= 0.3 is 0 Å². The molecule has 0 fully saturated rings. The topological polar surface area (TPSA) is 68.9 Å². The van der Waals surface area contributed by atoms with Crippen LogP contribution in [0.4, 0.5) is 0 Å². The molecule has 0 amide bonds. The van der Waals surface area contributed by atoms with Gasteiger partial charge in [-0.05, 0) is 35.2 Å². The number of rotatable bonds is 6. The van der Waals surface area contributed by atoms with Crippen molar-refractivity contribution in [2.45, 2.75) is 12.8 Å². The molecule has 2 aromatic carbocycles. The van der Waals surface area contributed by atoms with Crippen molar-refractivity contribution in [2.75, 3.05) is 0 Å². The summed E-state index contributed by atoms with van der Waals surface area (Å²) in [5.74, 6) is 0.180. The van der Waals surface area contributed by atoms with Crippen molar-refractivity contribution >= 4 is 5.78 Å². The van der Waals surface area contributed by atoms with Crippen LogP contribution in [0.5, 0.6) is 0 Å². The lowest BCUT2D eigenvalue weighted by Crippen LogP contribution is -2.01. The number of hydrogen-bond donors (Lipinski definition) is 0. The van der Waals surface area contributed by atoms with Crippen molar-refractivity contribution in [3.8, 4) is 22.6 Å². The first kappa shape index (κ1) is 16.8. The fourth-order valence-electron chi connectivity index (χ4n) is 2.80. The highest BCUT2D eigenvalue weighted by Gasteiger charge is 2.16. The molecule has 2 heterocycles. The van der Waals surface area contributed by atoms with E-state index < -0.39 is 0 Å². The van der Waals surface area contributed by atoms with Crippen molar-refractivity contribution in [3.63, 3.8) is 0 Å². The summed E-state index contributed by atoms with van der Waals surface area (Å²) in [6, 6.07) is 23.8. The molecule has 0 saturated heterocycles. The maximum atomic E-state index is 12.3. The van der Waals surface area contributed by atoms with E-state index >= 15 is 0 Å². The predicted molar refractivity (Wildman–Crippen MR) is 102 cm³/mol. The third kappa shape index (κ3) is 3.98. The lowest BCUT2D eigenvalue weighted by molar-refractivity contribution is 0.0940. The van der Waals surface area contributed by atoms with Crippen molar-refractivity contribution in [2.24, 2.45) is 0 Å². The van der Waals surface area contributed by atoms with E-state index in [4.69, 9.17) is 4.52 Å². The maximum Gasteiger partial charge on any atom is 0.294 e. The molecule has 5 nitrogen and oxygen atoms in total. The van der Waals surface area contributed by atoms with Gasteiger partial charge < -0.3 is 4.52 Å². The molecular weight excluding hydrogens is 338 g/mol. The van der Waals surface area contributed by atoms with Crippen molar-refractivity contribution < 1.29 is 9.32 Å². The Morgan fingerprint density at radius 2 is 1.59 bits per heavy atom. The first-order chi connectivity index (χ1) is 13.3. The third-order valence-corrected chi connectivity index (χ3v) is 4.26. The zero-order valence-corrected chi connectivity index (χ0v) is 14.6. The first-order valence-corrected chi connectivity index (χ1v) is 8.72. The molecule has 0 N–H and O–H groups in total. The average Bonchev–Trinajstić information content (AvgIpc) is 3.24. The van der Waals surface area contributed by atoms with Gasteiger partial charge in [0.1, 0.15) is 5.69 Å². The molecule has 0 saturated carbocycles. The number of aryl methyl sites for hydroxylation is 1. The van der Waals surface area contributed by atoms with Crippen molar-refractivity contribution in [1.29, 1.82) is 0 Å². The third-order valence-electron chi connectivity index (χ3n) is 4.26. The van der Waals surface area contributed by atoms with Crippen LogP contribution in [0.15, 0.2) is 83.5 Å². The van der Waals surface area contributed by atoms with E-state index in [-0.39, 0.29) is 11.7 Å². The number of Topliss-reactive ketones (excluding diaryl/α,β-unsaturated/α-hetero) is 1. The highest BCUT2D eigenvalue weighted by molar-refractivity contribution is 5.92. The SMILES string of the molecule is O=C(CCc1ccc(-c2ccccc2)cc1)c1nc(-c2ccccn2)no1. The second-order valence-corrected chi connectivity index (χ2v) is 6.12. The Bertz CT molecular complexity index is 1030. The molecule has 0 aliphatic carbocycles. The standard InChI is InChI=1S/C22H17N3O2/c26-20(22-24-21(25-27-22)19-8-4-5-15-23-19)14-11-16-9-12-18(13-10-16)17-6-2-1-3-7-17/h1-10,12-13,15H,11,14H2. The Balaban J connectivity index is 1.39. The number of carbonyl (C=O) groups excluding carboxylic acids is 1. The van der Waals surface area contributed by atoms with E-state index in [2.05, 4.69) is 39.4 Å². The molecule has 0 spiro atoms. The minimum absolute atomic E-state index is 0.0246. The number of aromatic nitrogens is 3. The van der Waals surface area contributed by atoms with Crippen LogP contribution in [0.2, 0.25) is 0 Å². The molecule has 0 bridgehead atoms. The molecule has 132 valence electrons. The Hall–Kier alpha value is -3.60. The Morgan fingerprint density at radius 1 is 0.852 bits per heavy atom. The summed E-state index contributed by atoms with van der Waals surface area (Å²) in [6.45, 7) is 0. The lowest BCUT2D eigenvalue weighted by atomic mass is 10.0. The van der Waals surface area contributed by atoms with E-state index in [0.29, 0.717) is 24.4 Å². The second-order valence-electron chi connectivity index (χ2n) is 6.12. The van der Waals surface area contributed by atoms with Crippen molar-refractivity contribution in [3.05, 3.63) is 90.4 Å². The second kappa shape index (κ2) is 7.74. The van der Waals surface area contributed by atoms with Crippen LogP contribution in [0.3, 0.4) is 0 Å². The van der Waals surface area contributed by atoms with Gasteiger partial charge in [-0.1, -0.05) is 65.8 Å². The fraction of sp³-hybridized carbons (Fsp3) is 0.0909. The van der Waals surface area contributed by atoms with E-state index in [1.165, 1.54) is 5.56 Å². The van der Waals surface area contributed by atoms with Crippen LogP contribution < -0.4 is 0 Å². The van der Waals surface area contributed by atoms with Crippen LogP contribution in [0.25, 0.3) is 22.6 Å².